The monoisotopic (exact) mass is 357 g/mol. The Balaban J connectivity index is 1.74. The van der Waals surface area contributed by atoms with Crippen LogP contribution in [0.1, 0.15) is 10.4 Å². The minimum Gasteiger partial charge on any atom is -0.354 e. The maximum absolute atomic E-state index is 12.3. The van der Waals surface area contributed by atoms with E-state index >= 15 is 0 Å². The molecule has 0 aliphatic rings. The quantitative estimate of drug-likeness (QED) is 0.658. The van der Waals surface area contributed by atoms with Gasteiger partial charge >= 0.3 is 0 Å². The van der Waals surface area contributed by atoms with Gasteiger partial charge in [0.25, 0.3) is 5.91 Å². The first-order chi connectivity index (χ1) is 11.6. The van der Waals surface area contributed by atoms with E-state index in [-0.39, 0.29) is 5.91 Å². The van der Waals surface area contributed by atoms with E-state index in [1.165, 1.54) is 6.20 Å². The van der Waals surface area contributed by atoms with Crippen molar-refractivity contribution >= 4 is 46.2 Å². The number of nitrogens with zero attached hydrogens (tertiary/aromatic N) is 1. The summed E-state index contributed by atoms with van der Waals surface area (Å²) in [7, 11) is 0. The summed E-state index contributed by atoms with van der Waals surface area (Å²) in [6.45, 7) is 0. The van der Waals surface area contributed by atoms with E-state index < -0.39 is 0 Å². The Hall–Kier alpha value is -2.56. The highest BCUT2D eigenvalue weighted by Crippen LogP contribution is 2.20. The number of rotatable bonds is 4. The molecule has 2 aromatic carbocycles. The van der Waals surface area contributed by atoms with Crippen LogP contribution in [0.4, 0.5) is 17.1 Å². The largest absolute Gasteiger partial charge is 0.354 e. The average molecular weight is 358 g/mol. The molecule has 0 fully saturated rings. The van der Waals surface area contributed by atoms with Gasteiger partial charge in [-0.3, -0.25) is 9.78 Å². The van der Waals surface area contributed by atoms with E-state index in [1.807, 2.05) is 12.1 Å². The second kappa shape index (κ2) is 7.34. The molecule has 0 spiro atoms. The molecule has 6 heteroatoms. The van der Waals surface area contributed by atoms with Crippen molar-refractivity contribution in [3.63, 3.8) is 0 Å². The van der Waals surface area contributed by atoms with Crippen LogP contribution in [0.15, 0.2) is 67.0 Å². The normalized spacial score (nSPS) is 10.2. The first-order valence-electron chi connectivity index (χ1n) is 7.15. The average Bonchev–Trinajstić information content (AvgIpc) is 2.57. The molecule has 120 valence electrons. The van der Waals surface area contributed by atoms with Crippen molar-refractivity contribution in [2.75, 3.05) is 10.6 Å². The van der Waals surface area contributed by atoms with Gasteiger partial charge in [0.05, 0.1) is 17.4 Å². The Morgan fingerprint density at radius 3 is 2.38 bits per heavy atom. The standard InChI is InChI=1S/C18H13Cl2N3O/c19-13-4-6-15(7-5-13)22-17-8-12(10-21-11-17)18(24)23-16-3-1-2-14(20)9-16/h1-11,22H,(H,23,24). The molecule has 0 saturated heterocycles. The first-order valence-corrected chi connectivity index (χ1v) is 7.90. The summed E-state index contributed by atoms with van der Waals surface area (Å²) in [5.74, 6) is -0.260. The van der Waals surface area contributed by atoms with Gasteiger partial charge in [-0.2, -0.15) is 0 Å². The van der Waals surface area contributed by atoms with E-state index in [0.29, 0.717) is 27.0 Å². The summed E-state index contributed by atoms with van der Waals surface area (Å²) in [6.07, 6.45) is 3.15. The van der Waals surface area contributed by atoms with Crippen molar-refractivity contribution < 1.29 is 4.79 Å². The van der Waals surface area contributed by atoms with Gasteiger partial charge in [0.2, 0.25) is 0 Å². The molecule has 1 amide bonds. The van der Waals surface area contributed by atoms with Crippen molar-refractivity contribution in [1.82, 2.24) is 4.98 Å². The predicted octanol–water partition coefficient (Wildman–Crippen LogP) is 5.38. The second-order valence-corrected chi connectivity index (χ2v) is 5.93. The van der Waals surface area contributed by atoms with E-state index in [0.717, 1.165) is 5.69 Å². The Morgan fingerprint density at radius 2 is 1.62 bits per heavy atom. The first kappa shape index (κ1) is 16.3. The fourth-order valence-corrected chi connectivity index (χ4v) is 2.42. The summed E-state index contributed by atoms with van der Waals surface area (Å²) in [5.41, 5.74) is 2.63. The lowest BCUT2D eigenvalue weighted by Crippen LogP contribution is -2.12. The molecule has 4 nitrogen and oxygen atoms in total. The summed E-state index contributed by atoms with van der Waals surface area (Å²) < 4.78 is 0. The number of carbonyl (C=O) groups is 1. The summed E-state index contributed by atoms with van der Waals surface area (Å²) in [5, 5.41) is 7.19. The molecule has 3 aromatic rings. The SMILES string of the molecule is O=C(Nc1cccc(Cl)c1)c1cncc(Nc2ccc(Cl)cc2)c1. The molecule has 1 heterocycles. The van der Waals surface area contributed by atoms with Gasteiger partial charge in [-0.05, 0) is 48.5 Å². The van der Waals surface area contributed by atoms with Crippen LogP contribution in [-0.4, -0.2) is 10.9 Å². The molecule has 0 unspecified atom stereocenters. The summed E-state index contributed by atoms with van der Waals surface area (Å²) in [6, 6.07) is 16.0. The van der Waals surface area contributed by atoms with Crippen LogP contribution in [0.3, 0.4) is 0 Å². The summed E-state index contributed by atoms with van der Waals surface area (Å²) >= 11 is 11.8. The smallest absolute Gasteiger partial charge is 0.257 e. The molecule has 0 saturated carbocycles. The Kier molecular flexibility index (Phi) is 4.99. The molecular weight excluding hydrogens is 345 g/mol. The molecule has 24 heavy (non-hydrogen) atoms. The molecule has 0 aliphatic carbocycles. The van der Waals surface area contributed by atoms with Crippen molar-refractivity contribution in [2.45, 2.75) is 0 Å². The second-order valence-electron chi connectivity index (χ2n) is 5.06. The molecule has 3 rings (SSSR count). The van der Waals surface area contributed by atoms with Crippen LogP contribution in [0.2, 0.25) is 10.0 Å². The zero-order chi connectivity index (χ0) is 16.9. The lowest BCUT2D eigenvalue weighted by Gasteiger charge is -2.09. The fourth-order valence-electron chi connectivity index (χ4n) is 2.10. The highest BCUT2D eigenvalue weighted by molar-refractivity contribution is 6.31. The molecule has 0 atom stereocenters. The van der Waals surface area contributed by atoms with Crippen molar-refractivity contribution in [2.24, 2.45) is 0 Å². The Labute approximate surface area is 149 Å². The maximum atomic E-state index is 12.3. The van der Waals surface area contributed by atoms with Gasteiger partial charge in [0.1, 0.15) is 0 Å². The molecule has 0 bridgehead atoms. The molecule has 0 radical (unpaired) electrons. The molecule has 2 N–H and O–H groups in total. The van der Waals surface area contributed by atoms with Gasteiger partial charge in [-0.15, -0.1) is 0 Å². The van der Waals surface area contributed by atoms with Crippen LogP contribution in [0.5, 0.6) is 0 Å². The minimum atomic E-state index is -0.260. The number of amides is 1. The van der Waals surface area contributed by atoms with Crippen molar-refractivity contribution in [3.05, 3.63) is 82.6 Å². The number of aromatic nitrogens is 1. The van der Waals surface area contributed by atoms with Crippen molar-refractivity contribution in [3.8, 4) is 0 Å². The Morgan fingerprint density at radius 1 is 0.833 bits per heavy atom. The lowest BCUT2D eigenvalue weighted by molar-refractivity contribution is 0.102. The van der Waals surface area contributed by atoms with E-state index in [2.05, 4.69) is 15.6 Å². The van der Waals surface area contributed by atoms with E-state index in [1.54, 1.807) is 48.7 Å². The number of hydrogen-bond acceptors (Lipinski definition) is 3. The predicted molar refractivity (Wildman–Crippen MR) is 98.4 cm³/mol. The van der Waals surface area contributed by atoms with E-state index in [4.69, 9.17) is 23.2 Å². The fraction of sp³-hybridized carbons (Fsp3) is 0. The topological polar surface area (TPSA) is 54.0 Å². The number of carbonyl (C=O) groups excluding carboxylic acids is 1. The third kappa shape index (κ3) is 4.25. The number of pyridine rings is 1. The molecular formula is C18H13Cl2N3O. The van der Waals surface area contributed by atoms with Gasteiger partial charge in [0, 0.05) is 27.6 Å². The van der Waals surface area contributed by atoms with Crippen LogP contribution >= 0.6 is 23.2 Å². The van der Waals surface area contributed by atoms with Crippen molar-refractivity contribution in [1.29, 1.82) is 0 Å². The van der Waals surface area contributed by atoms with Gasteiger partial charge in [0.15, 0.2) is 0 Å². The highest BCUT2D eigenvalue weighted by Gasteiger charge is 2.08. The number of nitrogens with one attached hydrogen (secondary N) is 2. The lowest BCUT2D eigenvalue weighted by atomic mass is 10.2. The Bertz CT molecular complexity index is 866. The molecule has 0 aliphatic heterocycles. The number of halogens is 2. The third-order valence-electron chi connectivity index (χ3n) is 3.22. The highest BCUT2D eigenvalue weighted by atomic mass is 35.5. The zero-order valence-electron chi connectivity index (χ0n) is 12.5. The van der Waals surface area contributed by atoms with Gasteiger partial charge in [-0.1, -0.05) is 29.3 Å². The maximum Gasteiger partial charge on any atom is 0.257 e. The van der Waals surface area contributed by atoms with Gasteiger partial charge in [-0.25, -0.2) is 0 Å². The zero-order valence-corrected chi connectivity index (χ0v) is 14.0. The van der Waals surface area contributed by atoms with Crippen LogP contribution in [-0.2, 0) is 0 Å². The van der Waals surface area contributed by atoms with Crippen LogP contribution in [0.25, 0.3) is 0 Å². The number of anilines is 3. The minimum absolute atomic E-state index is 0.260. The number of hydrogen-bond donors (Lipinski definition) is 2. The summed E-state index contributed by atoms with van der Waals surface area (Å²) in [4.78, 5) is 16.4. The van der Waals surface area contributed by atoms with Gasteiger partial charge < -0.3 is 10.6 Å². The third-order valence-corrected chi connectivity index (χ3v) is 3.70. The van der Waals surface area contributed by atoms with E-state index in [9.17, 15) is 4.79 Å². The molecule has 1 aromatic heterocycles. The van der Waals surface area contributed by atoms with Crippen LogP contribution < -0.4 is 10.6 Å². The van der Waals surface area contributed by atoms with Crippen LogP contribution in [0, 0.1) is 0 Å². The number of benzene rings is 2.